The van der Waals surface area contributed by atoms with Gasteiger partial charge in [-0.15, -0.1) is 0 Å². The summed E-state index contributed by atoms with van der Waals surface area (Å²) in [4.78, 5) is 23.6. The average molecular weight is 479 g/mol. The number of carbonyl (C=O) groups excluding carboxylic acids is 2. The Morgan fingerprint density at radius 1 is 0.559 bits per heavy atom. The maximum absolute atomic E-state index is 11.8. The van der Waals surface area contributed by atoms with Crippen LogP contribution < -0.4 is 0 Å². The van der Waals surface area contributed by atoms with Crippen molar-refractivity contribution in [3.05, 3.63) is 0 Å². The lowest BCUT2D eigenvalue weighted by Gasteiger charge is -2.12. The zero-order valence-electron chi connectivity index (χ0n) is 22.3. The maximum atomic E-state index is 11.8. The van der Waals surface area contributed by atoms with Crippen molar-refractivity contribution < 1.29 is 19.1 Å². The van der Waals surface area contributed by atoms with Gasteiger partial charge in [-0.2, -0.15) is 0 Å². The lowest BCUT2D eigenvalue weighted by Crippen LogP contribution is -2.14. The Morgan fingerprint density at radius 3 is 1.26 bits per heavy atom. The van der Waals surface area contributed by atoms with Crippen molar-refractivity contribution in [2.75, 3.05) is 0 Å². The molecule has 0 aromatic carbocycles. The van der Waals surface area contributed by atoms with Gasteiger partial charge >= 0.3 is 11.9 Å². The van der Waals surface area contributed by atoms with E-state index in [0.717, 1.165) is 57.3 Å². The van der Waals surface area contributed by atoms with Crippen LogP contribution in [-0.2, 0) is 19.1 Å². The summed E-state index contributed by atoms with van der Waals surface area (Å²) in [6.07, 6.45) is 28.3. The molecule has 0 radical (unpaired) electrons. The van der Waals surface area contributed by atoms with Crippen LogP contribution >= 0.6 is 0 Å². The van der Waals surface area contributed by atoms with Crippen LogP contribution in [0.15, 0.2) is 0 Å². The van der Waals surface area contributed by atoms with Crippen molar-refractivity contribution in [3.63, 3.8) is 0 Å². The van der Waals surface area contributed by atoms with Crippen LogP contribution in [0.5, 0.6) is 0 Å². The highest BCUT2D eigenvalue weighted by molar-refractivity contribution is 5.69. The summed E-state index contributed by atoms with van der Waals surface area (Å²) in [6, 6.07) is 0. The minimum Gasteiger partial charge on any atom is -0.462 e. The third-order valence-corrected chi connectivity index (χ3v) is 7.86. The normalized spacial score (nSPS) is 17.0. The third-order valence-electron chi connectivity index (χ3n) is 7.86. The summed E-state index contributed by atoms with van der Waals surface area (Å²) in [5.41, 5.74) is 0. The van der Waals surface area contributed by atoms with Crippen molar-refractivity contribution in [1.29, 1.82) is 0 Å². The Labute approximate surface area is 210 Å². The minimum atomic E-state index is 0.0278. The molecule has 2 rings (SSSR count). The molecule has 0 spiro atoms. The van der Waals surface area contributed by atoms with Crippen LogP contribution in [0, 0.1) is 5.92 Å². The molecule has 0 aliphatic heterocycles. The summed E-state index contributed by atoms with van der Waals surface area (Å²) in [5.74, 6) is 0.899. The number of ether oxygens (including phenoxy) is 2. The SMILES string of the molecule is CC(CCCCCCCCC(=O)OC1CCCC1)CCCCCCCCC(=O)OC1CCCC1. The molecule has 2 fully saturated rings. The zero-order chi connectivity index (χ0) is 24.3. The Balaban J connectivity index is 1.26. The van der Waals surface area contributed by atoms with Gasteiger partial charge in [0, 0.05) is 12.8 Å². The average Bonchev–Trinajstić information content (AvgIpc) is 3.51. The van der Waals surface area contributed by atoms with Gasteiger partial charge < -0.3 is 9.47 Å². The quantitative estimate of drug-likeness (QED) is 0.129. The van der Waals surface area contributed by atoms with Gasteiger partial charge in [0.15, 0.2) is 0 Å². The second kappa shape index (κ2) is 19.2. The van der Waals surface area contributed by atoms with Crippen LogP contribution in [0.4, 0.5) is 0 Å². The lowest BCUT2D eigenvalue weighted by atomic mass is 9.96. The van der Waals surface area contributed by atoms with E-state index in [1.165, 1.54) is 89.9 Å². The molecule has 2 aliphatic rings. The Morgan fingerprint density at radius 2 is 0.882 bits per heavy atom. The fourth-order valence-electron chi connectivity index (χ4n) is 5.58. The molecule has 0 saturated heterocycles. The van der Waals surface area contributed by atoms with Gasteiger partial charge in [0.25, 0.3) is 0 Å². The summed E-state index contributed by atoms with van der Waals surface area (Å²) < 4.78 is 11.0. The van der Waals surface area contributed by atoms with Gasteiger partial charge in [-0.1, -0.05) is 84.0 Å². The first kappa shape index (κ1) is 29.2. The van der Waals surface area contributed by atoms with Gasteiger partial charge in [-0.3, -0.25) is 9.59 Å². The molecule has 0 unspecified atom stereocenters. The highest BCUT2D eigenvalue weighted by Gasteiger charge is 2.19. The van der Waals surface area contributed by atoms with Crippen molar-refractivity contribution in [2.24, 2.45) is 5.92 Å². The molecule has 0 heterocycles. The van der Waals surface area contributed by atoms with Gasteiger partial charge in [0.1, 0.15) is 12.2 Å². The molecule has 0 aromatic rings. The van der Waals surface area contributed by atoms with Gasteiger partial charge in [-0.25, -0.2) is 0 Å². The summed E-state index contributed by atoms with van der Waals surface area (Å²) in [5, 5.41) is 0. The van der Waals surface area contributed by atoms with E-state index in [9.17, 15) is 9.59 Å². The topological polar surface area (TPSA) is 52.6 Å². The highest BCUT2D eigenvalue weighted by Crippen LogP contribution is 2.23. The predicted octanol–water partition coefficient (Wildman–Crippen LogP) is 8.84. The number of rotatable bonds is 20. The van der Waals surface area contributed by atoms with Gasteiger partial charge in [-0.05, 0) is 70.1 Å². The first-order chi connectivity index (χ1) is 16.6. The number of esters is 2. The van der Waals surface area contributed by atoms with E-state index in [1.54, 1.807) is 0 Å². The Kier molecular flexibility index (Phi) is 16.4. The molecule has 2 saturated carbocycles. The Hall–Kier alpha value is -1.06. The molecule has 0 bridgehead atoms. The van der Waals surface area contributed by atoms with E-state index in [1.807, 2.05) is 0 Å². The molecule has 0 amide bonds. The van der Waals surface area contributed by atoms with Crippen LogP contribution in [0.2, 0.25) is 0 Å². The molecule has 4 heteroatoms. The Bertz CT molecular complexity index is 474. The second-order valence-corrected chi connectivity index (χ2v) is 11.2. The third kappa shape index (κ3) is 15.0. The van der Waals surface area contributed by atoms with Crippen LogP contribution in [-0.4, -0.2) is 24.1 Å². The van der Waals surface area contributed by atoms with Crippen molar-refractivity contribution >= 4 is 11.9 Å². The summed E-state index contributed by atoms with van der Waals surface area (Å²) >= 11 is 0. The molecule has 0 aromatic heterocycles. The smallest absolute Gasteiger partial charge is 0.306 e. The molecular formula is C30H54O4. The fourth-order valence-corrected chi connectivity index (χ4v) is 5.58. The second-order valence-electron chi connectivity index (χ2n) is 11.2. The first-order valence-corrected chi connectivity index (χ1v) is 15.0. The zero-order valence-corrected chi connectivity index (χ0v) is 22.3. The van der Waals surface area contributed by atoms with E-state index < -0.39 is 0 Å². The minimum absolute atomic E-state index is 0.0278. The molecule has 0 atom stereocenters. The molecule has 4 nitrogen and oxygen atoms in total. The van der Waals surface area contributed by atoms with Crippen molar-refractivity contribution in [3.8, 4) is 0 Å². The summed E-state index contributed by atoms with van der Waals surface area (Å²) in [7, 11) is 0. The van der Waals surface area contributed by atoms with E-state index >= 15 is 0 Å². The fraction of sp³-hybridized carbons (Fsp3) is 0.933. The maximum Gasteiger partial charge on any atom is 0.306 e. The van der Waals surface area contributed by atoms with Gasteiger partial charge in [0.05, 0.1) is 0 Å². The van der Waals surface area contributed by atoms with Crippen LogP contribution in [0.25, 0.3) is 0 Å². The number of carbonyl (C=O) groups is 2. The molecule has 198 valence electrons. The molecular weight excluding hydrogens is 424 g/mol. The first-order valence-electron chi connectivity index (χ1n) is 15.0. The lowest BCUT2D eigenvalue weighted by molar-refractivity contribution is -0.149. The van der Waals surface area contributed by atoms with Crippen molar-refractivity contribution in [2.45, 2.75) is 173 Å². The largest absolute Gasteiger partial charge is 0.462 e. The standard InChI is InChI=1S/C30H54O4/c1-26(18-10-6-2-4-8-12-24-29(31)33-27-20-14-15-21-27)19-11-7-3-5-9-13-25-30(32)34-28-22-16-17-23-28/h26-28H,2-25H2,1H3. The van der Waals surface area contributed by atoms with Gasteiger partial charge in [0.2, 0.25) is 0 Å². The van der Waals surface area contributed by atoms with E-state index in [2.05, 4.69) is 6.92 Å². The van der Waals surface area contributed by atoms with E-state index in [4.69, 9.17) is 9.47 Å². The molecule has 0 N–H and O–H groups in total. The number of unbranched alkanes of at least 4 members (excludes halogenated alkanes) is 10. The highest BCUT2D eigenvalue weighted by atomic mass is 16.5. The van der Waals surface area contributed by atoms with E-state index in [0.29, 0.717) is 12.8 Å². The summed E-state index contributed by atoms with van der Waals surface area (Å²) in [6.45, 7) is 2.41. The van der Waals surface area contributed by atoms with Crippen molar-refractivity contribution in [1.82, 2.24) is 0 Å². The van der Waals surface area contributed by atoms with E-state index in [-0.39, 0.29) is 24.1 Å². The monoisotopic (exact) mass is 478 g/mol. The molecule has 34 heavy (non-hydrogen) atoms. The number of hydrogen-bond acceptors (Lipinski definition) is 4. The molecule has 2 aliphatic carbocycles. The van der Waals surface area contributed by atoms with Crippen LogP contribution in [0.3, 0.4) is 0 Å². The number of hydrogen-bond donors (Lipinski definition) is 0. The van der Waals surface area contributed by atoms with Crippen LogP contribution in [0.1, 0.15) is 161 Å². The predicted molar refractivity (Wildman–Crippen MR) is 140 cm³/mol.